The van der Waals surface area contributed by atoms with Crippen LogP contribution in [0.4, 0.5) is 4.79 Å². The summed E-state index contributed by atoms with van der Waals surface area (Å²) >= 11 is 0. The lowest BCUT2D eigenvalue weighted by Crippen LogP contribution is -2.36. The molecule has 0 saturated carbocycles. The third kappa shape index (κ3) is 4.34. The predicted octanol–water partition coefficient (Wildman–Crippen LogP) is 0.485. The Morgan fingerprint density at radius 2 is 2.25 bits per heavy atom. The summed E-state index contributed by atoms with van der Waals surface area (Å²) in [6.45, 7) is 3.10. The van der Waals surface area contributed by atoms with Gasteiger partial charge in [-0.05, 0) is 6.42 Å². The van der Waals surface area contributed by atoms with E-state index in [1.54, 1.807) is 0 Å². The smallest absolute Gasteiger partial charge is 0.450 e. The van der Waals surface area contributed by atoms with Crippen molar-refractivity contribution < 1.29 is 29.2 Å². The molecule has 6 nitrogen and oxygen atoms in total. The molecule has 0 aromatic carbocycles. The van der Waals surface area contributed by atoms with Crippen LogP contribution in [0.1, 0.15) is 13.3 Å². The van der Waals surface area contributed by atoms with Crippen LogP contribution in [0.15, 0.2) is 0 Å². The number of hydrogen-bond acceptors (Lipinski definition) is 5. The minimum Gasteiger partial charge on any atom is -0.450 e. The molecule has 0 spiro atoms. The largest absolute Gasteiger partial charge is 0.505 e. The molecular weight excluding hydrogens is 216 g/mol. The van der Waals surface area contributed by atoms with Crippen LogP contribution in [0.25, 0.3) is 0 Å². The van der Waals surface area contributed by atoms with Gasteiger partial charge in [-0.15, -0.1) is 0 Å². The van der Waals surface area contributed by atoms with Gasteiger partial charge in [-0.25, -0.2) is 4.79 Å². The molecule has 1 aliphatic heterocycles. The van der Waals surface area contributed by atoms with E-state index in [1.165, 1.54) is 0 Å². The number of aliphatic hydroxyl groups excluding tert-OH is 1. The Hall–Kier alpha value is -0.850. The summed E-state index contributed by atoms with van der Waals surface area (Å²) in [5.41, 5.74) is -0.646. The van der Waals surface area contributed by atoms with E-state index in [0.29, 0.717) is 19.6 Å². The van der Waals surface area contributed by atoms with Gasteiger partial charge in [0.2, 0.25) is 0 Å². The molecule has 0 aromatic heterocycles. The molecule has 6 heteroatoms. The maximum absolute atomic E-state index is 10.3. The van der Waals surface area contributed by atoms with Crippen molar-refractivity contribution >= 4 is 6.16 Å². The third-order valence-corrected chi connectivity index (χ3v) is 2.70. The molecule has 0 bridgehead atoms. The van der Waals surface area contributed by atoms with Crippen LogP contribution in [-0.4, -0.2) is 55.5 Å². The fourth-order valence-electron chi connectivity index (χ4n) is 1.23. The van der Waals surface area contributed by atoms with Gasteiger partial charge in [0.05, 0.1) is 31.8 Å². The van der Waals surface area contributed by atoms with Crippen LogP contribution < -0.4 is 0 Å². The van der Waals surface area contributed by atoms with Crippen LogP contribution in [0.5, 0.6) is 0 Å². The van der Waals surface area contributed by atoms with Gasteiger partial charge in [-0.3, -0.25) is 0 Å². The second kappa shape index (κ2) is 6.03. The number of rotatable bonds is 8. The Kier molecular flexibility index (Phi) is 4.98. The molecule has 2 N–H and O–H groups in total. The van der Waals surface area contributed by atoms with Crippen LogP contribution in [0.3, 0.4) is 0 Å². The second-order valence-electron chi connectivity index (χ2n) is 4.04. The SMILES string of the molecule is CCC(CO)(COCC1CO1)COC(=O)O. The summed E-state index contributed by atoms with van der Waals surface area (Å²) in [5, 5.41) is 17.7. The first kappa shape index (κ1) is 13.2. The molecule has 0 aliphatic carbocycles. The third-order valence-electron chi connectivity index (χ3n) is 2.70. The van der Waals surface area contributed by atoms with Crippen LogP contribution in [0.2, 0.25) is 0 Å². The van der Waals surface area contributed by atoms with Crippen LogP contribution >= 0.6 is 0 Å². The van der Waals surface area contributed by atoms with Crippen LogP contribution in [-0.2, 0) is 14.2 Å². The van der Waals surface area contributed by atoms with Crippen molar-refractivity contribution in [1.29, 1.82) is 0 Å². The lowest BCUT2D eigenvalue weighted by molar-refractivity contribution is -0.0447. The zero-order valence-corrected chi connectivity index (χ0v) is 9.35. The van der Waals surface area contributed by atoms with E-state index in [9.17, 15) is 9.90 Å². The van der Waals surface area contributed by atoms with Gasteiger partial charge >= 0.3 is 6.16 Å². The first-order chi connectivity index (χ1) is 7.62. The van der Waals surface area contributed by atoms with E-state index in [2.05, 4.69) is 4.74 Å². The maximum atomic E-state index is 10.3. The van der Waals surface area contributed by atoms with Crippen molar-refractivity contribution in [2.45, 2.75) is 19.4 Å². The molecule has 2 atom stereocenters. The zero-order valence-electron chi connectivity index (χ0n) is 9.35. The summed E-state index contributed by atoms with van der Waals surface area (Å²) in [7, 11) is 0. The zero-order chi connectivity index (χ0) is 12.0. The quantitative estimate of drug-likeness (QED) is 0.469. The Morgan fingerprint density at radius 1 is 1.56 bits per heavy atom. The molecule has 2 unspecified atom stereocenters. The van der Waals surface area contributed by atoms with Crippen LogP contribution in [0, 0.1) is 5.41 Å². The number of carbonyl (C=O) groups is 1. The van der Waals surface area contributed by atoms with Crippen molar-refractivity contribution in [3.63, 3.8) is 0 Å². The Bertz CT molecular complexity index is 221. The van der Waals surface area contributed by atoms with E-state index >= 15 is 0 Å². The molecule has 0 aromatic rings. The summed E-state index contributed by atoms with van der Waals surface area (Å²) in [6.07, 6.45) is -0.590. The van der Waals surface area contributed by atoms with Crippen molar-refractivity contribution in [1.82, 2.24) is 0 Å². The van der Waals surface area contributed by atoms with Crippen molar-refractivity contribution in [2.24, 2.45) is 5.41 Å². The van der Waals surface area contributed by atoms with Crippen molar-refractivity contribution in [3.05, 3.63) is 0 Å². The summed E-state index contributed by atoms with van der Waals surface area (Å²) in [6, 6.07) is 0. The van der Waals surface area contributed by atoms with E-state index in [4.69, 9.17) is 14.6 Å². The van der Waals surface area contributed by atoms with Gasteiger partial charge in [-0.2, -0.15) is 0 Å². The average Bonchev–Trinajstić information content (AvgIpc) is 3.07. The number of hydrogen-bond donors (Lipinski definition) is 2. The van der Waals surface area contributed by atoms with Gasteiger partial charge in [-0.1, -0.05) is 6.92 Å². The monoisotopic (exact) mass is 234 g/mol. The molecule has 1 rings (SSSR count). The van der Waals surface area contributed by atoms with E-state index in [0.717, 1.165) is 0 Å². The molecule has 94 valence electrons. The van der Waals surface area contributed by atoms with Crippen molar-refractivity contribution in [2.75, 3.05) is 33.0 Å². The molecule has 0 amide bonds. The summed E-state index contributed by atoms with van der Waals surface area (Å²) < 4.78 is 14.9. The lowest BCUT2D eigenvalue weighted by Gasteiger charge is -2.29. The number of carboxylic acid groups (broad SMARTS) is 1. The van der Waals surface area contributed by atoms with Gasteiger partial charge < -0.3 is 24.4 Å². The Labute approximate surface area is 94.1 Å². The Balaban J connectivity index is 2.31. The topological polar surface area (TPSA) is 88.5 Å². The molecule has 1 saturated heterocycles. The number of epoxide rings is 1. The predicted molar refractivity (Wildman–Crippen MR) is 54.3 cm³/mol. The van der Waals surface area contributed by atoms with E-state index in [1.807, 2.05) is 6.92 Å². The van der Waals surface area contributed by atoms with E-state index < -0.39 is 11.6 Å². The van der Waals surface area contributed by atoms with Gasteiger partial charge in [0.1, 0.15) is 12.7 Å². The molecule has 0 radical (unpaired) electrons. The summed E-state index contributed by atoms with van der Waals surface area (Å²) in [5.74, 6) is 0. The highest BCUT2D eigenvalue weighted by atomic mass is 16.7. The maximum Gasteiger partial charge on any atom is 0.505 e. The average molecular weight is 234 g/mol. The normalized spacial score (nSPS) is 22.5. The minimum absolute atomic E-state index is 0.0547. The molecular formula is C10H18O6. The lowest BCUT2D eigenvalue weighted by atomic mass is 9.88. The molecule has 16 heavy (non-hydrogen) atoms. The first-order valence-electron chi connectivity index (χ1n) is 5.28. The highest BCUT2D eigenvalue weighted by Gasteiger charge is 2.31. The Morgan fingerprint density at radius 3 is 2.69 bits per heavy atom. The first-order valence-corrected chi connectivity index (χ1v) is 5.28. The fraction of sp³-hybridized carbons (Fsp3) is 0.900. The van der Waals surface area contributed by atoms with E-state index in [-0.39, 0.29) is 25.9 Å². The highest BCUT2D eigenvalue weighted by Crippen LogP contribution is 2.23. The second-order valence-corrected chi connectivity index (χ2v) is 4.04. The van der Waals surface area contributed by atoms with Gasteiger partial charge in [0, 0.05) is 0 Å². The van der Waals surface area contributed by atoms with Gasteiger partial charge in [0.15, 0.2) is 0 Å². The van der Waals surface area contributed by atoms with Gasteiger partial charge in [0.25, 0.3) is 0 Å². The molecule has 1 fully saturated rings. The summed E-state index contributed by atoms with van der Waals surface area (Å²) in [4.78, 5) is 10.3. The highest BCUT2D eigenvalue weighted by molar-refractivity contribution is 5.56. The number of aliphatic hydroxyl groups is 1. The van der Waals surface area contributed by atoms with Crippen molar-refractivity contribution in [3.8, 4) is 0 Å². The fourth-order valence-corrected chi connectivity index (χ4v) is 1.23. The molecule has 1 aliphatic rings. The molecule has 1 heterocycles. The number of ether oxygens (including phenoxy) is 3. The minimum atomic E-state index is -1.34. The standard InChI is InChI=1S/C10H18O6/c1-2-10(5-11,7-16-9(12)13)6-14-3-8-4-15-8/h8,11H,2-7H2,1H3,(H,12,13).